The molecule has 0 saturated heterocycles. The fourth-order valence-electron chi connectivity index (χ4n) is 2.76. The minimum absolute atomic E-state index is 0.0585. The van der Waals surface area contributed by atoms with E-state index in [0.717, 1.165) is 25.2 Å². The van der Waals surface area contributed by atoms with E-state index in [2.05, 4.69) is 0 Å². The SMILES string of the molecule is CC(=O)C(N)(CN)C12CC(C1)C2. The molecule has 2 bridgehead atoms. The highest BCUT2D eigenvalue weighted by molar-refractivity contribution is 5.88. The topological polar surface area (TPSA) is 69.1 Å². The van der Waals surface area contributed by atoms with Gasteiger partial charge in [-0.25, -0.2) is 0 Å². The molecule has 0 heterocycles. The molecule has 0 aromatic rings. The third kappa shape index (κ3) is 0.666. The summed E-state index contributed by atoms with van der Waals surface area (Å²) in [6, 6.07) is 0. The predicted octanol–water partition coefficient (Wildman–Crippen LogP) is 0.0317. The third-order valence-electron chi connectivity index (χ3n) is 3.93. The predicted molar refractivity (Wildman–Crippen MR) is 46.4 cm³/mol. The van der Waals surface area contributed by atoms with Gasteiger partial charge in [-0.05, 0) is 37.5 Å². The van der Waals surface area contributed by atoms with E-state index in [9.17, 15) is 4.79 Å². The number of hydrogen-bond donors (Lipinski definition) is 2. The summed E-state index contributed by atoms with van der Waals surface area (Å²) < 4.78 is 0. The van der Waals surface area contributed by atoms with Gasteiger partial charge in [-0.3, -0.25) is 4.79 Å². The Morgan fingerprint density at radius 3 is 2.17 bits per heavy atom. The minimum atomic E-state index is -0.720. The van der Waals surface area contributed by atoms with Gasteiger partial charge in [-0.2, -0.15) is 0 Å². The first-order valence-electron chi connectivity index (χ1n) is 4.54. The summed E-state index contributed by atoms with van der Waals surface area (Å²) in [6.07, 6.45) is 3.38. The number of hydrogen-bond acceptors (Lipinski definition) is 3. The fraction of sp³-hybridized carbons (Fsp3) is 0.889. The molecule has 0 spiro atoms. The fourth-order valence-corrected chi connectivity index (χ4v) is 2.76. The van der Waals surface area contributed by atoms with Crippen molar-refractivity contribution in [2.24, 2.45) is 22.8 Å². The van der Waals surface area contributed by atoms with Crippen LogP contribution in [0.2, 0.25) is 0 Å². The summed E-state index contributed by atoms with van der Waals surface area (Å²) in [5.41, 5.74) is 11.0. The standard InChI is InChI=1S/C9H16N2O/c1-6(12)9(11,5-10)8-2-7(3-8)4-8/h7H,2-5,10-11H2,1H3. The lowest BCUT2D eigenvalue weighted by atomic mass is 9.37. The Bertz CT molecular complexity index is 222. The van der Waals surface area contributed by atoms with Gasteiger partial charge < -0.3 is 11.5 Å². The summed E-state index contributed by atoms with van der Waals surface area (Å²) in [5, 5.41) is 0. The first-order chi connectivity index (χ1) is 5.54. The molecule has 0 amide bonds. The van der Waals surface area contributed by atoms with Crippen LogP contribution >= 0.6 is 0 Å². The molecule has 12 heavy (non-hydrogen) atoms. The molecule has 1 unspecified atom stereocenters. The number of Topliss-reactive ketones (excluding diaryl/α,β-unsaturated/α-hetero) is 1. The van der Waals surface area contributed by atoms with E-state index in [0.29, 0.717) is 6.54 Å². The van der Waals surface area contributed by atoms with E-state index in [1.165, 1.54) is 0 Å². The molecule has 3 aliphatic carbocycles. The molecule has 4 N–H and O–H groups in total. The molecule has 3 heteroatoms. The quantitative estimate of drug-likeness (QED) is 0.624. The lowest BCUT2D eigenvalue weighted by molar-refractivity contribution is -0.171. The molecule has 3 saturated carbocycles. The Morgan fingerprint density at radius 2 is 2.08 bits per heavy atom. The zero-order valence-corrected chi connectivity index (χ0v) is 7.47. The van der Waals surface area contributed by atoms with E-state index in [1.807, 2.05) is 0 Å². The zero-order valence-electron chi connectivity index (χ0n) is 7.47. The Kier molecular flexibility index (Phi) is 1.43. The number of ketones is 1. The molecule has 1 atom stereocenters. The Hall–Kier alpha value is -0.410. The Morgan fingerprint density at radius 1 is 1.58 bits per heavy atom. The number of rotatable bonds is 3. The van der Waals surface area contributed by atoms with Crippen molar-refractivity contribution in [1.29, 1.82) is 0 Å². The van der Waals surface area contributed by atoms with Crippen LogP contribution in [0.4, 0.5) is 0 Å². The van der Waals surface area contributed by atoms with Crippen LogP contribution in [0.15, 0.2) is 0 Å². The second-order valence-corrected chi connectivity index (χ2v) is 4.49. The van der Waals surface area contributed by atoms with Crippen LogP contribution in [0.1, 0.15) is 26.2 Å². The van der Waals surface area contributed by atoms with Crippen molar-refractivity contribution < 1.29 is 4.79 Å². The van der Waals surface area contributed by atoms with Gasteiger partial charge in [0.1, 0.15) is 0 Å². The highest BCUT2D eigenvalue weighted by Crippen LogP contribution is 2.68. The molecular formula is C9H16N2O. The van der Waals surface area contributed by atoms with E-state index in [1.54, 1.807) is 6.92 Å². The molecule has 3 aliphatic rings. The first-order valence-corrected chi connectivity index (χ1v) is 4.54. The van der Waals surface area contributed by atoms with Crippen molar-refractivity contribution in [1.82, 2.24) is 0 Å². The normalized spacial score (nSPS) is 42.4. The molecule has 3 fully saturated rings. The molecule has 0 aliphatic heterocycles. The van der Waals surface area contributed by atoms with Gasteiger partial charge in [0.15, 0.2) is 5.78 Å². The van der Waals surface area contributed by atoms with Gasteiger partial charge in [0, 0.05) is 6.54 Å². The molecule has 3 rings (SSSR count). The van der Waals surface area contributed by atoms with Crippen LogP contribution in [0.25, 0.3) is 0 Å². The highest BCUT2D eigenvalue weighted by Gasteiger charge is 2.66. The van der Waals surface area contributed by atoms with Crippen LogP contribution in [0.3, 0.4) is 0 Å². The Balaban J connectivity index is 2.21. The highest BCUT2D eigenvalue weighted by atomic mass is 16.1. The van der Waals surface area contributed by atoms with Gasteiger partial charge >= 0.3 is 0 Å². The van der Waals surface area contributed by atoms with Crippen molar-refractivity contribution in [3.8, 4) is 0 Å². The average Bonchev–Trinajstić information content (AvgIpc) is 1.80. The molecular weight excluding hydrogens is 152 g/mol. The van der Waals surface area contributed by atoms with E-state index < -0.39 is 5.54 Å². The van der Waals surface area contributed by atoms with Crippen LogP contribution in [-0.4, -0.2) is 17.9 Å². The first kappa shape index (κ1) is 8.20. The summed E-state index contributed by atoms with van der Waals surface area (Å²) in [5.74, 6) is 0.905. The minimum Gasteiger partial charge on any atom is -0.328 e. The third-order valence-corrected chi connectivity index (χ3v) is 3.93. The molecule has 3 nitrogen and oxygen atoms in total. The summed E-state index contributed by atoms with van der Waals surface area (Å²) in [6.45, 7) is 1.86. The van der Waals surface area contributed by atoms with Gasteiger partial charge in [0.2, 0.25) is 0 Å². The monoisotopic (exact) mass is 168 g/mol. The van der Waals surface area contributed by atoms with E-state index in [-0.39, 0.29) is 11.2 Å². The molecule has 0 aromatic heterocycles. The zero-order chi connectivity index (χ0) is 8.98. The van der Waals surface area contributed by atoms with Crippen LogP contribution in [-0.2, 0) is 4.79 Å². The summed E-state index contributed by atoms with van der Waals surface area (Å²) in [7, 11) is 0. The second-order valence-electron chi connectivity index (χ2n) is 4.49. The van der Waals surface area contributed by atoms with Gasteiger partial charge in [-0.1, -0.05) is 0 Å². The number of carbonyl (C=O) groups excluding carboxylic acids is 1. The van der Waals surface area contributed by atoms with Crippen LogP contribution in [0.5, 0.6) is 0 Å². The van der Waals surface area contributed by atoms with Crippen LogP contribution in [0, 0.1) is 11.3 Å². The maximum absolute atomic E-state index is 11.4. The molecule has 68 valence electrons. The van der Waals surface area contributed by atoms with Crippen molar-refractivity contribution >= 4 is 5.78 Å². The molecule has 0 aromatic carbocycles. The van der Waals surface area contributed by atoms with E-state index >= 15 is 0 Å². The average molecular weight is 168 g/mol. The van der Waals surface area contributed by atoms with Crippen molar-refractivity contribution in [2.75, 3.05) is 6.54 Å². The number of carbonyl (C=O) groups is 1. The summed E-state index contributed by atoms with van der Waals surface area (Å²) in [4.78, 5) is 11.4. The maximum atomic E-state index is 11.4. The van der Waals surface area contributed by atoms with Crippen molar-refractivity contribution in [3.05, 3.63) is 0 Å². The summed E-state index contributed by atoms with van der Waals surface area (Å²) >= 11 is 0. The largest absolute Gasteiger partial charge is 0.328 e. The van der Waals surface area contributed by atoms with Crippen molar-refractivity contribution in [3.63, 3.8) is 0 Å². The lowest BCUT2D eigenvalue weighted by Gasteiger charge is -2.68. The van der Waals surface area contributed by atoms with Crippen molar-refractivity contribution in [2.45, 2.75) is 31.7 Å². The van der Waals surface area contributed by atoms with Gasteiger partial charge in [0.25, 0.3) is 0 Å². The maximum Gasteiger partial charge on any atom is 0.151 e. The molecule has 0 radical (unpaired) electrons. The van der Waals surface area contributed by atoms with Gasteiger partial charge in [0.05, 0.1) is 5.54 Å². The smallest absolute Gasteiger partial charge is 0.151 e. The van der Waals surface area contributed by atoms with Crippen LogP contribution < -0.4 is 11.5 Å². The Labute approximate surface area is 72.5 Å². The van der Waals surface area contributed by atoms with Gasteiger partial charge in [-0.15, -0.1) is 0 Å². The second kappa shape index (κ2) is 2.09. The number of nitrogens with two attached hydrogens (primary N) is 2. The van der Waals surface area contributed by atoms with E-state index in [4.69, 9.17) is 11.5 Å². The lowest BCUT2D eigenvalue weighted by Crippen LogP contribution is -2.74.